The van der Waals surface area contributed by atoms with Crippen LogP contribution in [0.1, 0.15) is 15.9 Å². The van der Waals surface area contributed by atoms with E-state index in [4.69, 9.17) is 4.74 Å². The second-order valence-electron chi connectivity index (χ2n) is 6.80. The first-order valence-corrected chi connectivity index (χ1v) is 12.2. The van der Waals surface area contributed by atoms with Crippen molar-refractivity contribution in [2.24, 2.45) is 0 Å². The quantitative estimate of drug-likeness (QED) is 0.655. The molecule has 0 aromatic heterocycles. The molecular weight excluding hydrogens is 449 g/mol. The summed E-state index contributed by atoms with van der Waals surface area (Å²) in [7, 11) is -6.50. The minimum absolute atomic E-state index is 0.0131. The highest BCUT2D eigenvalue weighted by atomic mass is 32.2. The summed E-state index contributed by atoms with van der Waals surface area (Å²) in [4.78, 5) is 12.3. The SMILES string of the molecule is CNS(=O)(=O)c1ccc(F)c(C(=O)Nc2ccc(C)c(S(=O)(=O)N3CCOCC3)c2)c1. The predicted octanol–water partition coefficient (Wildman–Crippen LogP) is 1.32. The maximum Gasteiger partial charge on any atom is 0.258 e. The largest absolute Gasteiger partial charge is 0.379 e. The fourth-order valence-corrected chi connectivity index (χ4v) is 5.46. The lowest BCUT2D eigenvalue weighted by Gasteiger charge is -2.26. The fraction of sp³-hybridized carbons (Fsp3) is 0.316. The Morgan fingerprint density at radius 3 is 2.39 bits per heavy atom. The lowest BCUT2D eigenvalue weighted by Crippen LogP contribution is -2.40. The molecule has 31 heavy (non-hydrogen) atoms. The molecule has 1 saturated heterocycles. The number of halogens is 1. The number of rotatable bonds is 6. The lowest BCUT2D eigenvalue weighted by molar-refractivity contribution is 0.0730. The Morgan fingerprint density at radius 2 is 1.74 bits per heavy atom. The van der Waals surface area contributed by atoms with Crippen LogP contribution in [0, 0.1) is 12.7 Å². The Labute approximate surface area is 180 Å². The van der Waals surface area contributed by atoms with Crippen LogP contribution in [-0.2, 0) is 24.8 Å². The topological polar surface area (TPSA) is 122 Å². The maximum atomic E-state index is 14.2. The first kappa shape index (κ1) is 23.3. The van der Waals surface area contributed by atoms with Crippen molar-refractivity contribution in [1.29, 1.82) is 0 Å². The van der Waals surface area contributed by atoms with Gasteiger partial charge < -0.3 is 10.1 Å². The van der Waals surface area contributed by atoms with E-state index in [1.165, 1.54) is 29.6 Å². The van der Waals surface area contributed by atoms with Crippen molar-refractivity contribution in [2.75, 3.05) is 38.7 Å². The molecule has 0 saturated carbocycles. The summed E-state index contributed by atoms with van der Waals surface area (Å²) in [5, 5.41) is 2.44. The van der Waals surface area contributed by atoms with Crippen LogP contribution in [0.3, 0.4) is 0 Å². The molecule has 1 amide bonds. The van der Waals surface area contributed by atoms with Gasteiger partial charge in [0.15, 0.2) is 0 Å². The van der Waals surface area contributed by atoms with Crippen LogP contribution >= 0.6 is 0 Å². The summed E-state index contributed by atoms with van der Waals surface area (Å²) >= 11 is 0. The summed E-state index contributed by atoms with van der Waals surface area (Å²) in [6.45, 7) is 2.65. The molecular formula is C19H22FN3O6S2. The van der Waals surface area contributed by atoms with E-state index in [9.17, 15) is 26.0 Å². The van der Waals surface area contributed by atoms with E-state index in [-0.39, 0.29) is 28.6 Å². The minimum atomic E-state index is -3.88. The van der Waals surface area contributed by atoms with Crippen molar-refractivity contribution in [3.63, 3.8) is 0 Å². The van der Waals surface area contributed by atoms with E-state index in [2.05, 4.69) is 10.0 Å². The Bertz CT molecular complexity index is 1210. The average Bonchev–Trinajstić information content (AvgIpc) is 2.75. The zero-order chi connectivity index (χ0) is 22.8. The molecule has 168 valence electrons. The van der Waals surface area contributed by atoms with Crippen LogP contribution in [0.25, 0.3) is 0 Å². The summed E-state index contributed by atoms with van der Waals surface area (Å²) in [6.07, 6.45) is 0. The fourth-order valence-electron chi connectivity index (χ4n) is 3.04. The molecule has 0 spiro atoms. The Hall–Kier alpha value is -2.38. The highest BCUT2D eigenvalue weighted by Gasteiger charge is 2.28. The molecule has 0 unspecified atom stereocenters. The van der Waals surface area contributed by atoms with Gasteiger partial charge in [-0.1, -0.05) is 6.07 Å². The molecule has 2 aromatic carbocycles. The minimum Gasteiger partial charge on any atom is -0.379 e. The number of ether oxygens (including phenoxy) is 1. The van der Waals surface area contributed by atoms with Crippen molar-refractivity contribution in [1.82, 2.24) is 9.03 Å². The van der Waals surface area contributed by atoms with Gasteiger partial charge in [0.2, 0.25) is 20.0 Å². The van der Waals surface area contributed by atoms with Gasteiger partial charge in [-0.25, -0.2) is 25.9 Å². The summed E-state index contributed by atoms with van der Waals surface area (Å²) in [5.41, 5.74) is 0.121. The lowest BCUT2D eigenvalue weighted by atomic mass is 10.2. The van der Waals surface area contributed by atoms with E-state index in [0.29, 0.717) is 18.8 Å². The predicted molar refractivity (Wildman–Crippen MR) is 111 cm³/mol. The van der Waals surface area contributed by atoms with Gasteiger partial charge >= 0.3 is 0 Å². The van der Waals surface area contributed by atoms with E-state index in [0.717, 1.165) is 18.2 Å². The van der Waals surface area contributed by atoms with Gasteiger partial charge in [-0.2, -0.15) is 4.31 Å². The summed E-state index contributed by atoms with van der Waals surface area (Å²) in [5.74, 6) is -1.83. The van der Waals surface area contributed by atoms with Crippen molar-refractivity contribution in [3.8, 4) is 0 Å². The number of morpholine rings is 1. The summed E-state index contributed by atoms with van der Waals surface area (Å²) < 4.78 is 72.6. The Morgan fingerprint density at radius 1 is 1.06 bits per heavy atom. The Kier molecular flexibility index (Phi) is 6.76. The van der Waals surface area contributed by atoms with Gasteiger partial charge in [0.05, 0.1) is 28.6 Å². The highest BCUT2D eigenvalue weighted by molar-refractivity contribution is 7.89. The van der Waals surface area contributed by atoms with Crippen molar-refractivity contribution in [2.45, 2.75) is 16.7 Å². The monoisotopic (exact) mass is 471 g/mol. The number of aryl methyl sites for hydroxylation is 1. The average molecular weight is 472 g/mol. The van der Waals surface area contributed by atoms with Crippen molar-refractivity contribution >= 4 is 31.6 Å². The van der Waals surface area contributed by atoms with E-state index in [1.54, 1.807) is 6.92 Å². The van der Waals surface area contributed by atoms with Crippen LogP contribution in [0.2, 0.25) is 0 Å². The number of carbonyl (C=O) groups is 1. The van der Waals surface area contributed by atoms with Gasteiger partial charge in [0.1, 0.15) is 5.82 Å². The molecule has 12 heteroatoms. The molecule has 1 heterocycles. The molecule has 2 aromatic rings. The van der Waals surface area contributed by atoms with Gasteiger partial charge in [0.25, 0.3) is 5.91 Å². The first-order chi connectivity index (χ1) is 14.6. The molecule has 0 atom stereocenters. The number of nitrogens with one attached hydrogen (secondary N) is 2. The number of sulfonamides is 2. The molecule has 3 rings (SSSR count). The maximum absolute atomic E-state index is 14.2. The normalized spacial score (nSPS) is 15.6. The third kappa shape index (κ3) is 4.93. The number of carbonyl (C=O) groups excluding carboxylic acids is 1. The standard InChI is InChI=1S/C19H22FN3O6S2/c1-13-3-4-14(11-18(13)31(27,28)23-7-9-29-10-8-23)22-19(24)16-12-15(5-6-17(16)20)30(25,26)21-2/h3-6,11-12,21H,7-10H2,1-2H3,(H,22,24). The molecule has 1 aliphatic rings. The van der Waals surface area contributed by atoms with E-state index < -0.39 is 37.3 Å². The van der Waals surface area contributed by atoms with Crippen molar-refractivity contribution < 1.29 is 30.8 Å². The number of nitrogens with zero attached hydrogens (tertiary/aromatic N) is 1. The zero-order valence-electron chi connectivity index (χ0n) is 16.9. The first-order valence-electron chi connectivity index (χ1n) is 9.29. The molecule has 0 radical (unpaired) electrons. The van der Waals surface area contributed by atoms with Gasteiger partial charge in [0, 0.05) is 18.8 Å². The van der Waals surface area contributed by atoms with Crippen molar-refractivity contribution in [3.05, 3.63) is 53.3 Å². The van der Waals surface area contributed by atoms with Crippen LogP contribution in [-0.4, -0.2) is 60.4 Å². The highest BCUT2D eigenvalue weighted by Crippen LogP contribution is 2.25. The number of anilines is 1. The molecule has 1 aliphatic heterocycles. The third-order valence-corrected chi connectivity index (χ3v) is 8.25. The molecule has 1 fully saturated rings. The molecule has 0 aliphatic carbocycles. The smallest absolute Gasteiger partial charge is 0.258 e. The Balaban J connectivity index is 1.91. The van der Waals surface area contributed by atoms with Crippen LogP contribution in [0.4, 0.5) is 10.1 Å². The number of hydrogen-bond acceptors (Lipinski definition) is 6. The number of hydrogen-bond donors (Lipinski definition) is 2. The van der Waals surface area contributed by atoms with Gasteiger partial charge in [-0.05, 0) is 49.9 Å². The summed E-state index contributed by atoms with van der Waals surface area (Å²) in [6, 6.07) is 7.14. The zero-order valence-corrected chi connectivity index (χ0v) is 18.5. The molecule has 0 bridgehead atoms. The number of benzene rings is 2. The second kappa shape index (κ2) is 9.01. The second-order valence-corrected chi connectivity index (χ2v) is 10.6. The molecule has 2 N–H and O–H groups in total. The van der Waals surface area contributed by atoms with Crippen LogP contribution in [0.5, 0.6) is 0 Å². The molecule has 9 nitrogen and oxygen atoms in total. The number of amides is 1. The van der Waals surface area contributed by atoms with Crippen LogP contribution in [0.15, 0.2) is 46.2 Å². The third-order valence-electron chi connectivity index (χ3n) is 4.80. The van der Waals surface area contributed by atoms with E-state index >= 15 is 0 Å². The van der Waals surface area contributed by atoms with Crippen LogP contribution < -0.4 is 10.0 Å². The van der Waals surface area contributed by atoms with Gasteiger partial charge in [-0.3, -0.25) is 4.79 Å². The van der Waals surface area contributed by atoms with E-state index in [1.807, 2.05) is 0 Å². The van der Waals surface area contributed by atoms with Gasteiger partial charge in [-0.15, -0.1) is 0 Å².